The average molecular weight is 304 g/mol. The van der Waals surface area contributed by atoms with Crippen LogP contribution in [0.1, 0.15) is 0 Å². The number of rotatable bonds is 4. The number of phenolic OH excluding ortho intramolecular Hbond substituents is 1. The third-order valence-corrected chi connectivity index (χ3v) is 3.76. The molecule has 0 fully saturated rings. The molecule has 0 aliphatic rings. The second-order valence-corrected chi connectivity index (χ2v) is 5.08. The lowest BCUT2D eigenvalue weighted by atomic mass is 10.2. The van der Waals surface area contributed by atoms with Crippen molar-refractivity contribution in [1.29, 1.82) is 0 Å². The van der Waals surface area contributed by atoms with Crippen molar-refractivity contribution in [2.45, 2.75) is 0 Å². The summed E-state index contributed by atoms with van der Waals surface area (Å²) < 4.78 is 15.5. The smallest absolute Gasteiger partial charge is 0.258 e. The quantitative estimate of drug-likeness (QED) is 0.797. The molecule has 0 aliphatic heterocycles. The number of ether oxygens (including phenoxy) is 2. The third-order valence-electron chi connectivity index (χ3n) is 2.89. The predicted octanol–water partition coefficient (Wildman–Crippen LogP) is 3.19. The first-order chi connectivity index (χ1) is 10.2. The fourth-order valence-corrected chi connectivity index (χ4v) is 2.51. The van der Waals surface area contributed by atoms with Gasteiger partial charge in [0.25, 0.3) is 5.89 Å². The average Bonchev–Trinajstić information content (AvgIpc) is 3.18. The number of aromatic hydroxyl groups is 1. The summed E-state index contributed by atoms with van der Waals surface area (Å²) in [6, 6.07) is 7.06. The summed E-state index contributed by atoms with van der Waals surface area (Å²) >= 11 is 1.53. The highest BCUT2D eigenvalue weighted by Gasteiger charge is 2.17. The number of aromatic nitrogens is 2. The lowest BCUT2D eigenvalue weighted by molar-refractivity contribution is 0.339. The van der Waals surface area contributed by atoms with E-state index >= 15 is 0 Å². The number of thiophene rings is 1. The van der Waals surface area contributed by atoms with E-state index in [0.29, 0.717) is 17.3 Å². The molecule has 3 aromatic rings. The third kappa shape index (κ3) is 2.43. The van der Waals surface area contributed by atoms with Crippen LogP contribution in [0.3, 0.4) is 0 Å². The lowest BCUT2D eigenvalue weighted by Crippen LogP contribution is -1.90. The molecule has 0 amide bonds. The molecule has 2 aromatic heterocycles. The maximum Gasteiger partial charge on any atom is 0.258 e. The minimum absolute atomic E-state index is 0.0678. The minimum atomic E-state index is -0.0678. The monoisotopic (exact) mass is 304 g/mol. The lowest BCUT2D eigenvalue weighted by Gasteiger charge is -2.09. The van der Waals surface area contributed by atoms with Crippen molar-refractivity contribution in [1.82, 2.24) is 10.1 Å². The van der Waals surface area contributed by atoms with E-state index in [2.05, 4.69) is 10.1 Å². The van der Waals surface area contributed by atoms with Crippen LogP contribution in [0, 0.1) is 0 Å². The Hall–Kier alpha value is -2.54. The first kappa shape index (κ1) is 13.4. The molecular weight excluding hydrogens is 292 g/mol. The topological polar surface area (TPSA) is 77.6 Å². The second-order valence-electron chi connectivity index (χ2n) is 4.13. The number of hydrogen-bond acceptors (Lipinski definition) is 7. The van der Waals surface area contributed by atoms with Crippen LogP contribution in [-0.2, 0) is 0 Å². The highest BCUT2D eigenvalue weighted by atomic mass is 32.1. The number of methoxy groups -OCH3 is 2. The number of hydrogen-bond donors (Lipinski definition) is 1. The summed E-state index contributed by atoms with van der Waals surface area (Å²) in [5.74, 6) is 1.34. The Labute approximate surface area is 124 Å². The van der Waals surface area contributed by atoms with Crippen LogP contribution in [0.15, 0.2) is 34.2 Å². The van der Waals surface area contributed by atoms with E-state index in [0.717, 1.165) is 4.88 Å². The van der Waals surface area contributed by atoms with Gasteiger partial charge in [0.2, 0.25) is 11.6 Å². The molecule has 2 heterocycles. The maximum absolute atomic E-state index is 9.90. The molecule has 0 spiro atoms. The molecule has 0 unspecified atom stereocenters. The van der Waals surface area contributed by atoms with E-state index in [1.54, 1.807) is 12.1 Å². The van der Waals surface area contributed by atoms with Crippen molar-refractivity contribution in [2.75, 3.05) is 14.2 Å². The van der Waals surface area contributed by atoms with Gasteiger partial charge in [-0.3, -0.25) is 0 Å². The van der Waals surface area contributed by atoms with Gasteiger partial charge in [-0.05, 0) is 23.6 Å². The predicted molar refractivity (Wildman–Crippen MR) is 77.8 cm³/mol. The zero-order valence-corrected chi connectivity index (χ0v) is 12.2. The van der Waals surface area contributed by atoms with Crippen LogP contribution in [0.2, 0.25) is 0 Å². The molecule has 21 heavy (non-hydrogen) atoms. The van der Waals surface area contributed by atoms with E-state index in [-0.39, 0.29) is 17.2 Å². The first-order valence-corrected chi connectivity index (χ1v) is 6.94. The molecule has 108 valence electrons. The summed E-state index contributed by atoms with van der Waals surface area (Å²) in [5, 5.41) is 15.8. The molecule has 0 bridgehead atoms. The minimum Gasteiger partial charge on any atom is -0.502 e. The van der Waals surface area contributed by atoms with Crippen molar-refractivity contribution < 1.29 is 19.1 Å². The van der Waals surface area contributed by atoms with Crippen molar-refractivity contribution in [2.24, 2.45) is 0 Å². The molecule has 0 saturated heterocycles. The van der Waals surface area contributed by atoms with Gasteiger partial charge in [0.05, 0.1) is 19.1 Å². The summed E-state index contributed by atoms with van der Waals surface area (Å²) in [6.45, 7) is 0. The van der Waals surface area contributed by atoms with E-state index in [1.165, 1.54) is 25.6 Å². The highest BCUT2D eigenvalue weighted by molar-refractivity contribution is 7.13. The van der Waals surface area contributed by atoms with Crippen LogP contribution < -0.4 is 9.47 Å². The van der Waals surface area contributed by atoms with Crippen molar-refractivity contribution in [3.8, 4) is 39.4 Å². The van der Waals surface area contributed by atoms with Gasteiger partial charge in [-0.2, -0.15) is 4.98 Å². The standard InChI is InChI=1S/C14H12N2O4S/c1-18-9-6-8(7-10(19-2)12(9)17)14-15-13(16-20-14)11-4-3-5-21-11/h3-7,17H,1-2H3. The van der Waals surface area contributed by atoms with E-state index < -0.39 is 0 Å². The fourth-order valence-electron chi connectivity index (χ4n) is 1.86. The Kier molecular flexibility index (Phi) is 3.49. The molecule has 3 rings (SSSR count). The van der Waals surface area contributed by atoms with Crippen LogP contribution in [0.5, 0.6) is 17.2 Å². The number of nitrogens with zero attached hydrogens (tertiary/aromatic N) is 2. The number of benzene rings is 1. The molecule has 1 aromatic carbocycles. The molecular formula is C14H12N2O4S. The molecule has 0 saturated carbocycles. The molecule has 0 aliphatic carbocycles. The van der Waals surface area contributed by atoms with Crippen molar-refractivity contribution in [3.63, 3.8) is 0 Å². The first-order valence-electron chi connectivity index (χ1n) is 6.06. The Morgan fingerprint density at radius 1 is 1.19 bits per heavy atom. The summed E-state index contributed by atoms with van der Waals surface area (Å²) in [5.41, 5.74) is 0.608. The van der Waals surface area contributed by atoms with Crippen LogP contribution in [-0.4, -0.2) is 29.5 Å². The van der Waals surface area contributed by atoms with Gasteiger partial charge in [0.1, 0.15) is 0 Å². The Balaban J connectivity index is 2.04. The zero-order chi connectivity index (χ0) is 14.8. The largest absolute Gasteiger partial charge is 0.502 e. The van der Waals surface area contributed by atoms with Gasteiger partial charge in [-0.1, -0.05) is 11.2 Å². The van der Waals surface area contributed by atoms with Gasteiger partial charge in [0.15, 0.2) is 11.5 Å². The van der Waals surface area contributed by atoms with Gasteiger partial charge in [-0.15, -0.1) is 11.3 Å². The summed E-state index contributed by atoms with van der Waals surface area (Å²) in [7, 11) is 2.92. The van der Waals surface area contributed by atoms with Crippen molar-refractivity contribution in [3.05, 3.63) is 29.6 Å². The normalized spacial score (nSPS) is 10.6. The van der Waals surface area contributed by atoms with Gasteiger partial charge < -0.3 is 19.1 Å². The van der Waals surface area contributed by atoms with E-state index in [1.807, 2.05) is 17.5 Å². The molecule has 0 atom stereocenters. The second kappa shape index (κ2) is 5.45. The molecule has 0 radical (unpaired) electrons. The summed E-state index contributed by atoms with van der Waals surface area (Å²) in [6.07, 6.45) is 0. The van der Waals surface area contributed by atoms with Gasteiger partial charge in [-0.25, -0.2) is 0 Å². The Bertz CT molecular complexity index is 727. The van der Waals surface area contributed by atoms with Crippen LogP contribution >= 0.6 is 11.3 Å². The van der Waals surface area contributed by atoms with Crippen LogP contribution in [0.25, 0.3) is 22.2 Å². The number of phenols is 1. The van der Waals surface area contributed by atoms with Crippen LogP contribution in [0.4, 0.5) is 0 Å². The maximum atomic E-state index is 9.90. The van der Waals surface area contributed by atoms with E-state index in [4.69, 9.17) is 14.0 Å². The Morgan fingerprint density at radius 3 is 2.48 bits per heavy atom. The Morgan fingerprint density at radius 2 is 1.90 bits per heavy atom. The molecule has 7 heteroatoms. The fraction of sp³-hybridized carbons (Fsp3) is 0.143. The highest BCUT2D eigenvalue weighted by Crippen LogP contribution is 2.40. The van der Waals surface area contributed by atoms with Gasteiger partial charge >= 0.3 is 0 Å². The molecule has 6 nitrogen and oxygen atoms in total. The molecule has 1 N–H and O–H groups in total. The van der Waals surface area contributed by atoms with E-state index in [9.17, 15) is 5.11 Å². The summed E-state index contributed by atoms with van der Waals surface area (Å²) in [4.78, 5) is 5.26. The van der Waals surface area contributed by atoms with Gasteiger partial charge in [0, 0.05) is 5.56 Å². The van der Waals surface area contributed by atoms with Crippen molar-refractivity contribution >= 4 is 11.3 Å². The zero-order valence-electron chi connectivity index (χ0n) is 11.4. The SMILES string of the molecule is COc1cc(-c2nc(-c3cccs3)no2)cc(OC)c1O.